The van der Waals surface area contributed by atoms with Crippen LogP contribution in [0, 0.1) is 25.2 Å². The third kappa shape index (κ3) is 4.23. The molecule has 0 atom stereocenters. The number of aromatic amines is 1. The number of nitrogens with one attached hydrogen (secondary N) is 3. The number of benzene rings is 1. The van der Waals surface area contributed by atoms with Crippen LogP contribution >= 0.6 is 0 Å². The van der Waals surface area contributed by atoms with Crippen LogP contribution in [-0.2, 0) is 0 Å². The average Bonchev–Trinajstić information content (AvgIpc) is 3.25. The molecule has 0 amide bonds. The highest BCUT2D eigenvalue weighted by Gasteiger charge is 2.13. The maximum atomic E-state index is 9.69. The standard InChI is InChI=1S/C24H28N6/c1-17-20-8-9-27-23(20)7-6-22(17)29-24-19(15-25)16-28-18(2)21(24)5-3-4-12-30-13-10-26-11-14-30/h3,5-9,16,26-27H,4,10-14H2,1-2H3,(H,28,29)/b5-3+. The first-order valence-corrected chi connectivity index (χ1v) is 10.5. The summed E-state index contributed by atoms with van der Waals surface area (Å²) in [4.78, 5) is 10.2. The molecule has 154 valence electrons. The Kier molecular flexibility index (Phi) is 6.12. The van der Waals surface area contributed by atoms with Gasteiger partial charge in [-0.25, -0.2) is 0 Å². The Morgan fingerprint density at radius 3 is 2.87 bits per heavy atom. The summed E-state index contributed by atoms with van der Waals surface area (Å²) < 4.78 is 0. The van der Waals surface area contributed by atoms with Crippen molar-refractivity contribution >= 4 is 28.4 Å². The number of pyridine rings is 1. The summed E-state index contributed by atoms with van der Waals surface area (Å²) >= 11 is 0. The number of H-pyrrole nitrogens is 1. The molecule has 0 unspecified atom stereocenters. The van der Waals surface area contributed by atoms with Crippen LogP contribution < -0.4 is 10.6 Å². The molecule has 2 aromatic heterocycles. The summed E-state index contributed by atoms with van der Waals surface area (Å²) in [7, 11) is 0. The Morgan fingerprint density at radius 1 is 1.23 bits per heavy atom. The van der Waals surface area contributed by atoms with Gasteiger partial charge in [-0.3, -0.25) is 4.98 Å². The molecule has 0 bridgehead atoms. The number of rotatable bonds is 6. The van der Waals surface area contributed by atoms with Crippen LogP contribution in [0.25, 0.3) is 17.0 Å². The zero-order valence-electron chi connectivity index (χ0n) is 17.6. The van der Waals surface area contributed by atoms with E-state index in [9.17, 15) is 5.26 Å². The lowest BCUT2D eigenvalue weighted by Crippen LogP contribution is -2.43. The van der Waals surface area contributed by atoms with Crippen LogP contribution in [0.1, 0.15) is 28.8 Å². The summed E-state index contributed by atoms with van der Waals surface area (Å²) in [5.41, 5.74) is 6.52. The van der Waals surface area contributed by atoms with Gasteiger partial charge in [-0.1, -0.05) is 12.2 Å². The summed E-state index contributed by atoms with van der Waals surface area (Å²) in [6.45, 7) is 9.48. The van der Waals surface area contributed by atoms with E-state index in [0.717, 1.165) is 72.9 Å². The molecule has 1 fully saturated rings. The number of anilines is 2. The van der Waals surface area contributed by atoms with E-state index in [2.05, 4.69) is 68.8 Å². The number of piperazine rings is 1. The van der Waals surface area contributed by atoms with E-state index in [0.29, 0.717) is 5.56 Å². The van der Waals surface area contributed by atoms with Crippen LogP contribution in [0.4, 0.5) is 11.4 Å². The maximum Gasteiger partial charge on any atom is 0.103 e. The minimum Gasteiger partial charge on any atom is -0.361 e. The van der Waals surface area contributed by atoms with Gasteiger partial charge in [-0.05, 0) is 44.0 Å². The first kappa shape index (κ1) is 20.1. The largest absolute Gasteiger partial charge is 0.361 e. The number of nitrogens with zero attached hydrogens (tertiary/aromatic N) is 3. The number of hydrogen-bond acceptors (Lipinski definition) is 5. The summed E-state index contributed by atoms with van der Waals surface area (Å²) in [5, 5.41) is 17.8. The number of aromatic nitrogens is 2. The Bertz CT molecular complexity index is 1100. The molecule has 0 saturated carbocycles. The van der Waals surface area contributed by atoms with Crippen molar-refractivity contribution in [2.45, 2.75) is 20.3 Å². The van der Waals surface area contributed by atoms with Gasteiger partial charge in [0.05, 0.1) is 11.3 Å². The molecule has 1 aliphatic rings. The molecule has 6 nitrogen and oxygen atoms in total. The lowest BCUT2D eigenvalue weighted by Gasteiger charge is -2.26. The SMILES string of the molecule is Cc1ncc(C#N)c(Nc2ccc3[nH]ccc3c2C)c1/C=C/CCN1CCNCC1. The quantitative estimate of drug-likeness (QED) is 0.580. The fourth-order valence-corrected chi connectivity index (χ4v) is 3.99. The van der Waals surface area contributed by atoms with Crippen molar-refractivity contribution in [2.75, 3.05) is 38.0 Å². The Labute approximate surface area is 177 Å². The maximum absolute atomic E-state index is 9.69. The third-order valence-electron chi connectivity index (χ3n) is 5.81. The first-order valence-electron chi connectivity index (χ1n) is 10.5. The molecule has 0 radical (unpaired) electrons. The average molecular weight is 401 g/mol. The highest BCUT2D eigenvalue weighted by Crippen LogP contribution is 2.32. The van der Waals surface area contributed by atoms with Crippen LogP contribution in [-0.4, -0.2) is 47.6 Å². The van der Waals surface area contributed by atoms with Gasteiger partial charge in [0.15, 0.2) is 0 Å². The van der Waals surface area contributed by atoms with E-state index >= 15 is 0 Å². The highest BCUT2D eigenvalue weighted by molar-refractivity contribution is 5.90. The smallest absolute Gasteiger partial charge is 0.103 e. The molecule has 1 aromatic carbocycles. The van der Waals surface area contributed by atoms with Crippen molar-refractivity contribution in [3.05, 3.63) is 59.1 Å². The minimum atomic E-state index is 0.552. The van der Waals surface area contributed by atoms with Crippen molar-refractivity contribution in [2.24, 2.45) is 0 Å². The predicted molar refractivity (Wildman–Crippen MR) is 123 cm³/mol. The molecular formula is C24H28N6. The molecule has 1 aliphatic heterocycles. The van der Waals surface area contributed by atoms with Crippen LogP contribution in [0.5, 0.6) is 0 Å². The summed E-state index contributed by atoms with van der Waals surface area (Å²) in [6.07, 6.45) is 8.88. The molecule has 0 spiro atoms. The van der Waals surface area contributed by atoms with Gasteiger partial charge in [0.25, 0.3) is 0 Å². The molecule has 0 aliphatic carbocycles. The van der Waals surface area contributed by atoms with Gasteiger partial charge in [0, 0.05) is 73.0 Å². The van der Waals surface area contributed by atoms with Crippen molar-refractivity contribution in [3.8, 4) is 6.07 Å². The molecule has 3 aromatic rings. The van der Waals surface area contributed by atoms with Gasteiger partial charge in [0.1, 0.15) is 6.07 Å². The zero-order valence-corrected chi connectivity index (χ0v) is 17.6. The fourth-order valence-electron chi connectivity index (χ4n) is 3.99. The normalized spacial score (nSPS) is 15.0. The van der Waals surface area contributed by atoms with Crippen LogP contribution in [0.3, 0.4) is 0 Å². The van der Waals surface area contributed by atoms with Crippen molar-refractivity contribution in [1.29, 1.82) is 5.26 Å². The van der Waals surface area contributed by atoms with Gasteiger partial charge < -0.3 is 20.5 Å². The molecule has 4 rings (SSSR count). The van der Waals surface area contributed by atoms with Crippen molar-refractivity contribution in [3.63, 3.8) is 0 Å². The van der Waals surface area contributed by atoms with Gasteiger partial charge in [0.2, 0.25) is 0 Å². The predicted octanol–water partition coefficient (Wildman–Crippen LogP) is 4.10. The van der Waals surface area contributed by atoms with E-state index < -0.39 is 0 Å². The van der Waals surface area contributed by atoms with E-state index in [1.165, 1.54) is 5.39 Å². The minimum absolute atomic E-state index is 0.552. The van der Waals surface area contributed by atoms with E-state index in [1.807, 2.05) is 13.1 Å². The second kappa shape index (κ2) is 9.12. The second-order valence-electron chi connectivity index (χ2n) is 7.74. The molecular weight excluding hydrogens is 372 g/mol. The monoisotopic (exact) mass is 400 g/mol. The lowest BCUT2D eigenvalue weighted by molar-refractivity contribution is 0.245. The second-order valence-corrected chi connectivity index (χ2v) is 7.74. The van der Waals surface area contributed by atoms with Gasteiger partial charge >= 0.3 is 0 Å². The van der Waals surface area contributed by atoms with Crippen molar-refractivity contribution < 1.29 is 0 Å². The summed E-state index contributed by atoms with van der Waals surface area (Å²) in [6, 6.07) is 8.50. The lowest BCUT2D eigenvalue weighted by atomic mass is 10.0. The van der Waals surface area contributed by atoms with Gasteiger partial charge in [-0.15, -0.1) is 0 Å². The first-order chi connectivity index (χ1) is 14.7. The number of fused-ring (bicyclic) bond motifs is 1. The van der Waals surface area contributed by atoms with Gasteiger partial charge in [-0.2, -0.15) is 5.26 Å². The van der Waals surface area contributed by atoms with E-state index in [1.54, 1.807) is 6.20 Å². The molecule has 30 heavy (non-hydrogen) atoms. The van der Waals surface area contributed by atoms with Crippen molar-refractivity contribution in [1.82, 2.24) is 20.2 Å². The van der Waals surface area contributed by atoms with E-state index in [4.69, 9.17) is 0 Å². The summed E-state index contributed by atoms with van der Waals surface area (Å²) in [5.74, 6) is 0. The topological polar surface area (TPSA) is 79.8 Å². The number of hydrogen-bond donors (Lipinski definition) is 3. The number of aryl methyl sites for hydroxylation is 2. The zero-order chi connectivity index (χ0) is 20.9. The highest BCUT2D eigenvalue weighted by atomic mass is 15.2. The molecule has 3 heterocycles. The van der Waals surface area contributed by atoms with Crippen LogP contribution in [0.2, 0.25) is 0 Å². The van der Waals surface area contributed by atoms with E-state index in [-0.39, 0.29) is 0 Å². The molecule has 6 heteroatoms. The Balaban J connectivity index is 1.59. The fraction of sp³-hybridized carbons (Fsp3) is 0.333. The Hall–Kier alpha value is -3.14. The number of nitriles is 1. The molecule has 1 saturated heterocycles. The Morgan fingerprint density at radius 2 is 2.07 bits per heavy atom. The molecule has 3 N–H and O–H groups in total. The third-order valence-corrected chi connectivity index (χ3v) is 5.81. The van der Waals surface area contributed by atoms with Crippen LogP contribution in [0.15, 0.2) is 36.7 Å².